The molecule has 0 fully saturated rings. The number of rotatable bonds is 5. The summed E-state index contributed by atoms with van der Waals surface area (Å²) in [6, 6.07) is 14.4. The highest BCUT2D eigenvalue weighted by Gasteiger charge is 1.95. The Morgan fingerprint density at radius 1 is 1.18 bits per heavy atom. The quantitative estimate of drug-likeness (QED) is 0.871. The molecule has 2 nitrogen and oxygen atoms in total. The van der Waals surface area contributed by atoms with Crippen LogP contribution in [0.4, 0.5) is 5.69 Å². The first-order valence-corrected chi connectivity index (χ1v) is 6.48. The van der Waals surface area contributed by atoms with Crippen LogP contribution in [0.1, 0.15) is 10.4 Å². The molecule has 0 aliphatic heterocycles. The smallest absolute Gasteiger partial charge is 0.0669 e. The molecule has 0 radical (unpaired) electrons. The van der Waals surface area contributed by atoms with E-state index < -0.39 is 0 Å². The van der Waals surface area contributed by atoms with Gasteiger partial charge in [0.05, 0.1) is 12.5 Å². The lowest BCUT2D eigenvalue weighted by atomic mass is 10.1. The molecule has 1 aromatic carbocycles. The Labute approximate surface area is 106 Å². The summed E-state index contributed by atoms with van der Waals surface area (Å²) in [5.74, 6) is 0. The molecule has 0 saturated carbocycles. The molecule has 0 atom stereocenters. The van der Waals surface area contributed by atoms with Gasteiger partial charge in [-0.25, -0.2) is 0 Å². The molecule has 1 aromatic heterocycles. The van der Waals surface area contributed by atoms with Crippen LogP contribution >= 0.6 is 11.3 Å². The van der Waals surface area contributed by atoms with E-state index in [9.17, 15) is 0 Å². The van der Waals surface area contributed by atoms with Crippen LogP contribution in [0, 0.1) is 11.3 Å². The average Bonchev–Trinajstić information content (AvgIpc) is 2.85. The number of nitrogens with one attached hydrogen (secondary N) is 1. The first-order valence-electron chi connectivity index (χ1n) is 5.60. The van der Waals surface area contributed by atoms with E-state index >= 15 is 0 Å². The number of hydrogen-bond acceptors (Lipinski definition) is 3. The normalized spacial score (nSPS) is 9.82. The summed E-state index contributed by atoms with van der Waals surface area (Å²) in [7, 11) is 0. The van der Waals surface area contributed by atoms with Gasteiger partial charge in [-0.05, 0) is 35.6 Å². The van der Waals surface area contributed by atoms with E-state index in [4.69, 9.17) is 5.26 Å². The molecular formula is C14H14N2S. The van der Waals surface area contributed by atoms with Gasteiger partial charge < -0.3 is 5.32 Å². The van der Waals surface area contributed by atoms with Gasteiger partial charge in [-0.1, -0.05) is 18.2 Å². The Morgan fingerprint density at radius 2 is 2.00 bits per heavy atom. The summed E-state index contributed by atoms with van der Waals surface area (Å²) in [5.41, 5.74) is 2.18. The predicted octanol–water partition coefficient (Wildman–Crippen LogP) is 3.47. The van der Waals surface area contributed by atoms with Crippen LogP contribution in [-0.4, -0.2) is 6.54 Å². The van der Waals surface area contributed by atoms with Gasteiger partial charge in [0.15, 0.2) is 0 Å². The molecule has 0 unspecified atom stereocenters. The van der Waals surface area contributed by atoms with Crippen molar-refractivity contribution < 1.29 is 0 Å². The van der Waals surface area contributed by atoms with Gasteiger partial charge >= 0.3 is 0 Å². The summed E-state index contributed by atoms with van der Waals surface area (Å²) in [6.07, 6.45) is 1.53. The molecule has 17 heavy (non-hydrogen) atoms. The third kappa shape index (κ3) is 3.61. The minimum atomic E-state index is 0.482. The van der Waals surface area contributed by atoms with Crippen molar-refractivity contribution in [2.75, 3.05) is 11.9 Å². The van der Waals surface area contributed by atoms with E-state index in [1.807, 2.05) is 24.3 Å². The first-order chi connectivity index (χ1) is 8.38. The Morgan fingerprint density at radius 3 is 2.65 bits per heavy atom. The monoisotopic (exact) mass is 242 g/mol. The topological polar surface area (TPSA) is 35.8 Å². The van der Waals surface area contributed by atoms with Gasteiger partial charge in [-0.3, -0.25) is 0 Å². The highest BCUT2D eigenvalue weighted by Crippen LogP contribution is 2.12. The van der Waals surface area contributed by atoms with E-state index in [2.05, 4.69) is 28.9 Å². The molecule has 0 aliphatic rings. The van der Waals surface area contributed by atoms with E-state index in [1.165, 1.54) is 4.88 Å². The highest BCUT2D eigenvalue weighted by atomic mass is 32.1. The number of benzene rings is 1. The number of anilines is 1. The summed E-state index contributed by atoms with van der Waals surface area (Å²) in [6.45, 7) is 0.943. The number of hydrogen-bond donors (Lipinski definition) is 1. The standard InChI is InChI=1S/C14H14N2S/c15-9-7-12-3-5-13(6-4-12)16-10-8-14-2-1-11-17-14/h1-6,11,16H,7-8,10H2. The second-order valence-electron chi connectivity index (χ2n) is 3.79. The largest absolute Gasteiger partial charge is 0.385 e. The van der Waals surface area contributed by atoms with Crippen LogP contribution in [0.5, 0.6) is 0 Å². The molecular weight excluding hydrogens is 228 g/mol. The Bertz CT molecular complexity index is 480. The fourth-order valence-corrected chi connectivity index (χ4v) is 2.33. The Balaban J connectivity index is 1.81. The average molecular weight is 242 g/mol. The minimum absolute atomic E-state index is 0.482. The van der Waals surface area contributed by atoms with Gasteiger partial charge in [0, 0.05) is 17.1 Å². The molecule has 2 rings (SSSR count). The van der Waals surface area contributed by atoms with Gasteiger partial charge in [0.1, 0.15) is 0 Å². The molecule has 0 saturated heterocycles. The van der Waals surface area contributed by atoms with Crippen molar-refractivity contribution in [3.05, 3.63) is 52.2 Å². The van der Waals surface area contributed by atoms with Crippen LogP contribution in [0.15, 0.2) is 41.8 Å². The minimum Gasteiger partial charge on any atom is -0.385 e. The Kier molecular flexibility index (Phi) is 4.17. The molecule has 0 aliphatic carbocycles. The number of nitriles is 1. The zero-order valence-corrected chi connectivity index (χ0v) is 10.3. The molecule has 2 aromatic rings. The fourth-order valence-electron chi connectivity index (χ4n) is 1.62. The van der Waals surface area contributed by atoms with Crippen molar-refractivity contribution in [3.63, 3.8) is 0 Å². The summed E-state index contributed by atoms with van der Waals surface area (Å²) < 4.78 is 0. The maximum absolute atomic E-state index is 8.57. The third-order valence-electron chi connectivity index (χ3n) is 2.52. The van der Waals surface area contributed by atoms with Crippen molar-refractivity contribution >= 4 is 17.0 Å². The number of nitrogens with zero attached hydrogens (tertiary/aromatic N) is 1. The van der Waals surface area contributed by atoms with E-state index in [0.29, 0.717) is 6.42 Å². The Hall–Kier alpha value is -1.79. The predicted molar refractivity (Wildman–Crippen MR) is 72.3 cm³/mol. The van der Waals surface area contributed by atoms with Crippen molar-refractivity contribution in [1.82, 2.24) is 0 Å². The van der Waals surface area contributed by atoms with Gasteiger partial charge in [0.2, 0.25) is 0 Å². The lowest BCUT2D eigenvalue weighted by molar-refractivity contribution is 1.04. The molecule has 0 spiro atoms. The van der Waals surface area contributed by atoms with Crippen molar-refractivity contribution in [3.8, 4) is 6.07 Å². The maximum atomic E-state index is 8.57. The van der Waals surface area contributed by atoms with Crippen molar-refractivity contribution in [2.24, 2.45) is 0 Å². The van der Waals surface area contributed by atoms with E-state index in [0.717, 1.165) is 24.2 Å². The summed E-state index contributed by atoms with van der Waals surface area (Å²) >= 11 is 1.79. The molecule has 0 bridgehead atoms. The molecule has 1 N–H and O–H groups in total. The van der Waals surface area contributed by atoms with Crippen LogP contribution in [0.3, 0.4) is 0 Å². The SMILES string of the molecule is N#CCc1ccc(NCCc2cccs2)cc1. The van der Waals surface area contributed by atoms with E-state index in [1.54, 1.807) is 11.3 Å². The lowest BCUT2D eigenvalue weighted by Crippen LogP contribution is -2.03. The van der Waals surface area contributed by atoms with Crippen molar-refractivity contribution in [2.45, 2.75) is 12.8 Å². The third-order valence-corrected chi connectivity index (χ3v) is 3.45. The highest BCUT2D eigenvalue weighted by molar-refractivity contribution is 7.09. The number of thiophene rings is 1. The van der Waals surface area contributed by atoms with Crippen LogP contribution in [0.25, 0.3) is 0 Å². The summed E-state index contributed by atoms with van der Waals surface area (Å²) in [5, 5.41) is 14.1. The van der Waals surface area contributed by atoms with Crippen LogP contribution in [0.2, 0.25) is 0 Å². The van der Waals surface area contributed by atoms with Crippen LogP contribution in [-0.2, 0) is 12.8 Å². The molecule has 0 amide bonds. The fraction of sp³-hybridized carbons (Fsp3) is 0.214. The van der Waals surface area contributed by atoms with Gasteiger partial charge in [-0.15, -0.1) is 11.3 Å². The molecule has 1 heterocycles. The summed E-state index contributed by atoms with van der Waals surface area (Å²) in [4.78, 5) is 1.40. The molecule has 86 valence electrons. The first kappa shape index (κ1) is 11.7. The second kappa shape index (κ2) is 6.07. The van der Waals surface area contributed by atoms with E-state index in [-0.39, 0.29) is 0 Å². The van der Waals surface area contributed by atoms with Gasteiger partial charge in [0.25, 0.3) is 0 Å². The van der Waals surface area contributed by atoms with Gasteiger partial charge in [-0.2, -0.15) is 5.26 Å². The van der Waals surface area contributed by atoms with Crippen molar-refractivity contribution in [1.29, 1.82) is 5.26 Å². The zero-order valence-electron chi connectivity index (χ0n) is 9.52. The zero-order chi connectivity index (χ0) is 11.9. The van der Waals surface area contributed by atoms with Crippen LogP contribution < -0.4 is 5.32 Å². The maximum Gasteiger partial charge on any atom is 0.0669 e. The second-order valence-corrected chi connectivity index (χ2v) is 4.82. The molecule has 3 heteroatoms. The lowest BCUT2D eigenvalue weighted by Gasteiger charge is -2.05.